The van der Waals surface area contributed by atoms with E-state index in [1.54, 1.807) is 0 Å². The lowest BCUT2D eigenvalue weighted by atomic mass is 10.0. The second kappa shape index (κ2) is 6.08. The van der Waals surface area contributed by atoms with Crippen LogP contribution in [0.25, 0.3) is 0 Å². The Balaban J connectivity index is 2.07. The van der Waals surface area contributed by atoms with Crippen molar-refractivity contribution in [2.75, 3.05) is 13.2 Å². The summed E-state index contributed by atoms with van der Waals surface area (Å²) in [4.78, 5) is 0. The summed E-state index contributed by atoms with van der Waals surface area (Å²) in [6.45, 7) is 3.86. The lowest BCUT2D eigenvalue weighted by Gasteiger charge is -2.19. The van der Waals surface area contributed by atoms with Crippen LogP contribution < -0.4 is 5.32 Å². The van der Waals surface area contributed by atoms with Gasteiger partial charge < -0.3 is 10.1 Å². The molecule has 1 N–H and O–H groups in total. The number of halogens is 1. The van der Waals surface area contributed by atoms with E-state index in [2.05, 4.69) is 24.4 Å². The quantitative estimate of drug-likeness (QED) is 0.868. The van der Waals surface area contributed by atoms with E-state index in [0.29, 0.717) is 0 Å². The van der Waals surface area contributed by atoms with E-state index >= 15 is 0 Å². The van der Waals surface area contributed by atoms with Gasteiger partial charge in [-0.15, -0.1) is 0 Å². The van der Waals surface area contributed by atoms with Gasteiger partial charge in [0.1, 0.15) is 5.76 Å². The molecule has 1 heterocycles. The standard InChI is InChI=1S/C14H18ClNO/c1-2-16-13(14-7-4-8-17-14)10-11-5-3-6-12(15)9-11/h3,5-7,9,13,16H,2,4,8,10H2,1H3. The second-order valence-corrected chi connectivity index (χ2v) is 4.62. The highest BCUT2D eigenvalue weighted by Crippen LogP contribution is 2.19. The van der Waals surface area contributed by atoms with E-state index in [4.69, 9.17) is 16.3 Å². The number of hydrogen-bond donors (Lipinski definition) is 1. The molecule has 17 heavy (non-hydrogen) atoms. The molecule has 2 nitrogen and oxygen atoms in total. The first-order valence-electron chi connectivity index (χ1n) is 6.10. The largest absolute Gasteiger partial charge is 0.496 e. The van der Waals surface area contributed by atoms with Crippen LogP contribution in [0.15, 0.2) is 36.1 Å². The van der Waals surface area contributed by atoms with Crippen LogP contribution in [0.5, 0.6) is 0 Å². The van der Waals surface area contributed by atoms with Crippen molar-refractivity contribution >= 4 is 11.6 Å². The number of hydrogen-bond acceptors (Lipinski definition) is 2. The number of nitrogens with one attached hydrogen (secondary N) is 1. The minimum absolute atomic E-state index is 0.265. The highest BCUT2D eigenvalue weighted by atomic mass is 35.5. The summed E-state index contributed by atoms with van der Waals surface area (Å²) in [5.74, 6) is 1.08. The van der Waals surface area contributed by atoms with Crippen molar-refractivity contribution < 1.29 is 4.74 Å². The third-order valence-corrected chi connectivity index (χ3v) is 3.09. The number of benzene rings is 1. The maximum atomic E-state index is 6.00. The van der Waals surface area contributed by atoms with Crippen LogP contribution in [0.1, 0.15) is 18.9 Å². The Labute approximate surface area is 108 Å². The molecule has 0 spiro atoms. The van der Waals surface area contributed by atoms with E-state index in [1.807, 2.05) is 18.2 Å². The van der Waals surface area contributed by atoms with Gasteiger partial charge in [-0.05, 0) is 36.7 Å². The number of rotatable bonds is 5. The summed E-state index contributed by atoms with van der Waals surface area (Å²) >= 11 is 6.00. The predicted molar refractivity (Wildman–Crippen MR) is 71.3 cm³/mol. The Morgan fingerprint density at radius 1 is 1.47 bits per heavy atom. The van der Waals surface area contributed by atoms with E-state index < -0.39 is 0 Å². The van der Waals surface area contributed by atoms with Gasteiger partial charge >= 0.3 is 0 Å². The van der Waals surface area contributed by atoms with E-state index in [9.17, 15) is 0 Å². The van der Waals surface area contributed by atoms with Crippen molar-refractivity contribution in [3.63, 3.8) is 0 Å². The lowest BCUT2D eigenvalue weighted by Crippen LogP contribution is -2.33. The summed E-state index contributed by atoms with van der Waals surface area (Å²) < 4.78 is 5.64. The predicted octanol–water partition coefficient (Wildman–Crippen LogP) is 3.16. The van der Waals surface area contributed by atoms with Gasteiger partial charge in [0.05, 0.1) is 12.6 Å². The maximum absolute atomic E-state index is 6.00. The minimum atomic E-state index is 0.265. The average molecular weight is 252 g/mol. The molecule has 2 rings (SSSR count). The molecule has 0 bridgehead atoms. The van der Waals surface area contributed by atoms with Crippen LogP contribution in [-0.2, 0) is 11.2 Å². The topological polar surface area (TPSA) is 21.3 Å². The first-order chi connectivity index (χ1) is 8.29. The lowest BCUT2D eigenvalue weighted by molar-refractivity contribution is 0.215. The highest BCUT2D eigenvalue weighted by molar-refractivity contribution is 6.30. The molecule has 0 aromatic heterocycles. The van der Waals surface area contributed by atoms with Gasteiger partial charge in [-0.3, -0.25) is 0 Å². The number of ether oxygens (including phenoxy) is 1. The van der Waals surface area contributed by atoms with Gasteiger partial charge in [0.2, 0.25) is 0 Å². The van der Waals surface area contributed by atoms with Crippen LogP contribution >= 0.6 is 11.6 Å². The Morgan fingerprint density at radius 2 is 2.35 bits per heavy atom. The molecule has 0 saturated heterocycles. The smallest absolute Gasteiger partial charge is 0.109 e. The summed E-state index contributed by atoms with van der Waals surface area (Å²) in [5.41, 5.74) is 1.24. The van der Waals surface area contributed by atoms with Crippen LogP contribution in [-0.4, -0.2) is 19.2 Å². The molecule has 0 amide bonds. The summed E-state index contributed by atoms with van der Waals surface area (Å²) in [6.07, 6.45) is 4.12. The molecule has 0 saturated carbocycles. The van der Waals surface area contributed by atoms with Gasteiger partial charge in [0.25, 0.3) is 0 Å². The molecule has 0 aliphatic carbocycles. The summed E-state index contributed by atoms with van der Waals surface area (Å²) in [6, 6.07) is 8.28. The fourth-order valence-corrected chi connectivity index (χ4v) is 2.31. The SMILES string of the molecule is CCNC(Cc1cccc(Cl)c1)C1=CCCO1. The van der Waals surface area contributed by atoms with Gasteiger partial charge in [-0.2, -0.15) is 0 Å². The normalized spacial score (nSPS) is 16.5. The van der Waals surface area contributed by atoms with E-state index in [0.717, 1.165) is 36.8 Å². The Morgan fingerprint density at radius 3 is 3.00 bits per heavy atom. The number of likely N-dealkylation sites (N-methyl/N-ethyl adjacent to an activating group) is 1. The third kappa shape index (κ3) is 3.48. The second-order valence-electron chi connectivity index (χ2n) is 4.19. The van der Waals surface area contributed by atoms with Gasteiger partial charge in [-0.25, -0.2) is 0 Å². The first kappa shape index (κ1) is 12.5. The molecule has 0 radical (unpaired) electrons. The van der Waals surface area contributed by atoms with Crippen LogP contribution in [0.3, 0.4) is 0 Å². The Hall–Kier alpha value is -0.990. The van der Waals surface area contributed by atoms with Crippen molar-refractivity contribution in [1.29, 1.82) is 0 Å². The fraction of sp³-hybridized carbons (Fsp3) is 0.429. The molecule has 1 aliphatic rings. The first-order valence-corrected chi connectivity index (χ1v) is 6.48. The van der Waals surface area contributed by atoms with E-state index in [-0.39, 0.29) is 6.04 Å². The highest BCUT2D eigenvalue weighted by Gasteiger charge is 2.18. The van der Waals surface area contributed by atoms with Crippen LogP contribution in [0.4, 0.5) is 0 Å². The summed E-state index contributed by atoms with van der Waals surface area (Å²) in [7, 11) is 0. The zero-order valence-electron chi connectivity index (χ0n) is 10.1. The van der Waals surface area contributed by atoms with Crippen LogP contribution in [0.2, 0.25) is 5.02 Å². The molecule has 1 aliphatic heterocycles. The molecule has 1 atom stereocenters. The molecule has 3 heteroatoms. The van der Waals surface area contributed by atoms with E-state index in [1.165, 1.54) is 5.56 Å². The molecule has 0 fully saturated rings. The van der Waals surface area contributed by atoms with Crippen molar-refractivity contribution in [3.05, 3.63) is 46.7 Å². The van der Waals surface area contributed by atoms with Crippen molar-refractivity contribution in [3.8, 4) is 0 Å². The van der Waals surface area contributed by atoms with Crippen molar-refractivity contribution in [1.82, 2.24) is 5.32 Å². The Bertz CT molecular complexity index is 403. The minimum Gasteiger partial charge on any atom is -0.496 e. The molecule has 92 valence electrons. The van der Waals surface area contributed by atoms with Crippen molar-refractivity contribution in [2.24, 2.45) is 0 Å². The van der Waals surface area contributed by atoms with Gasteiger partial charge in [-0.1, -0.05) is 30.7 Å². The van der Waals surface area contributed by atoms with Gasteiger partial charge in [0, 0.05) is 11.4 Å². The van der Waals surface area contributed by atoms with Gasteiger partial charge in [0.15, 0.2) is 0 Å². The molecular formula is C14H18ClNO. The zero-order valence-corrected chi connectivity index (χ0v) is 10.8. The van der Waals surface area contributed by atoms with Crippen LogP contribution in [0, 0.1) is 0 Å². The molecule has 1 unspecified atom stereocenters. The fourth-order valence-electron chi connectivity index (χ4n) is 2.10. The maximum Gasteiger partial charge on any atom is 0.109 e. The Kier molecular flexibility index (Phi) is 4.46. The zero-order chi connectivity index (χ0) is 12.1. The third-order valence-electron chi connectivity index (χ3n) is 2.85. The van der Waals surface area contributed by atoms with Crippen molar-refractivity contribution in [2.45, 2.75) is 25.8 Å². The molecular weight excluding hydrogens is 234 g/mol. The molecule has 1 aromatic rings. The molecule has 1 aromatic carbocycles. The average Bonchev–Trinajstić information content (AvgIpc) is 2.82. The monoisotopic (exact) mass is 251 g/mol. The summed E-state index contributed by atoms with van der Waals surface area (Å²) in [5, 5.41) is 4.25.